The highest BCUT2D eigenvalue weighted by Crippen LogP contribution is 2.29. The van der Waals surface area contributed by atoms with Crippen LogP contribution in [-0.2, 0) is 4.79 Å². The topological polar surface area (TPSA) is 77.2 Å². The maximum absolute atomic E-state index is 12.3. The van der Waals surface area contributed by atoms with Gasteiger partial charge in [-0.05, 0) is 48.9 Å². The summed E-state index contributed by atoms with van der Waals surface area (Å²) in [5, 5.41) is 12.2. The van der Waals surface area contributed by atoms with Gasteiger partial charge in [0.2, 0.25) is 11.8 Å². The van der Waals surface area contributed by atoms with Crippen molar-refractivity contribution in [2.75, 3.05) is 17.7 Å². The summed E-state index contributed by atoms with van der Waals surface area (Å²) in [4.78, 5) is 12.3. The van der Waals surface area contributed by atoms with E-state index >= 15 is 0 Å². The van der Waals surface area contributed by atoms with E-state index in [4.69, 9.17) is 32.4 Å². The first-order valence-electron chi connectivity index (χ1n) is 8.49. The maximum atomic E-state index is 12.3. The van der Waals surface area contributed by atoms with E-state index in [2.05, 4.69) is 15.5 Å². The zero-order valence-corrected chi connectivity index (χ0v) is 17.3. The SMILES string of the molecule is CCCOc1ccc(Cl)cc1NC(=O)CSc1nnc(-c2ccc(Cl)cc2)o1. The van der Waals surface area contributed by atoms with Crippen LogP contribution in [0.2, 0.25) is 10.0 Å². The largest absolute Gasteiger partial charge is 0.491 e. The molecule has 0 saturated carbocycles. The second kappa shape index (κ2) is 9.82. The van der Waals surface area contributed by atoms with Crippen molar-refractivity contribution < 1.29 is 13.9 Å². The van der Waals surface area contributed by atoms with Gasteiger partial charge in [0, 0.05) is 15.6 Å². The predicted molar refractivity (Wildman–Crippen MR) is 111 cm³/mol. The number of nitrogens with zero attached hydrogens (tertiary/aromatic N) is 2. The minimum absolute atomic E-state index is 0.0992. The van der Waals surface area contributed by atoms with Crippen molar-refractivity contribution in [3.05, 3.63) is 52.5 Å². The van der Waals surface area contributed by atoms with Gasteiger partial charge in [0.05, 0.1) is 18.0 Å². The fourth-order valence-electron chi connectivity index (χ4n) is 2.23. The summed E-state index contributed by atoms with van der Waals surface area (Å²) in [6.07, 6.45) is 0.860. The van der Waals surface area contributed by atoms with Gasteiger partial charge in [-0.15, -0.1) is 10.2 Å². The number of amides is 1. The molecule has 28 heavy (non-hydrogen) atoms. The third-order valence-electron chi connectivity index (χ3n) is 3.50. The van der Waals surface area contributed by atoms with E-state index in [1.165, 1.54) is 0 Å². The molecule has 2 aromatic carbocycles. The van der Waals surface area contributed by atoms with Crippen molar-refractivity contribution in [3.8, 4) is 17.2 Å². The van der Waals surface area contributed by atoms with Crippen molar-refractivity contribution in [2.24, 2.45) is 0 Å². The third-order valence-corrected chi connectivity index (χ3v) is 4.81. The Morgan fingerprint density at radius 3 is 2.64 bits per heavy atom. The van der Waals surface area contributed by atoms with Crippen LogP contribution >= 0.6 is 35.0 Å². The zero-order valence-electron chi connectivity index (χ0n) is 14.9. The summed E-state index contributed by atoms with van der Waals surface area (Å²) < 4.78 is 11.2. The Labute approximate surface area is 176 Å². The minimum atomic E-state index is -0.236. The van der Waals surface area contributed by atoms with E-state index in [1.807, 2.05) is 6.92 Å². The number of benzene rings is 2. The number of thioether (sulfide) groups is 1. The number of hydrogen-bond donors (Lipinski definition) is 1. The molecule has 3 rings (SSSR count). The Bertz CT molecular complexity index is 948. The maximum Gasteiger partial charge on any atom is 0.277 e. The van der Waals surface area contributed by atoms with Crippen LogP contribution < -0.4 is 10.1 Å². The fourth-order valence-corrected chi connectivity index (χ4v) is 3.09. The van der Waals surface area contributed by atoms with Gasteiger partial charge in [0.15, 0.2) is 0 Å². The molecular formula is C19H17Cl2N3O3S. The van der Waals surface area contributed by atoms with Crippen LogP contribution in [0, 0.1) is 0 Å². The number of carbonyl (C=O) groups excluding carboxylic acids is 1. The molecule has 0 atom stereocenters. The summed E-state index contributed by atoms with van der Waals surface area (Å²) in [6.45, 7) is 2.56. The van der Waals surface area contributed by atoms with E-state index in [0.29, 0.717) is 39.2 Å². The van der Waals surface area contributed by atoms with Crippen LogP contribution in [0.25, 0.3) is 11.5 Å². The van der Waals surface area contributed by atoms with Gasteiger partial charge in [0.25, 0.3) is 5.22 Å². The van der Waals surface area contributed by atoms with Gasteiger partial charge in [-0.2, -0.15) is 0 Å². The summed E-state index contributed by atoms with van der Waals surface area (Å²) in [7, 11) is 0. The number of anilines is 1. The van der Waals surface area contributed by atoms with Crippen LogP contribution in [0.3, 0.4) is 0 Å². The van der Waals surface area contributed by atoms with Crippen molar-refractivity contribution in [1.29, 1.82) is 0 Å². The Hall–Kier alpha value is -2.22. The van der Waals surface area contributed by atoms with E-state index in [0.717, 1.165) is 23.7 Å². The van der Waals surface area contributed by atoms with E-state index < -0.39 is 0 Å². The van der Waals surface area contributed by atoms with Crippen LogP contribution in [0.1, 0.15) is 13.3 Å². The number of nitrogens with one attached hydrogen (secondary N) is 1. The molecule has 0 aliphatic carbocycles. The molecule has 1 heterocycles. The average molecular weight is 438 g/mol. The number of hydrogen-bond acceptors (Lipinski definition) is 6. The molecule has 0 bridgehead atoms. The number of aromatic nitrogens is 2. The molecule has 1 N–H and O–H groups in total. The second-order valence-corrected chi connectivity index (χ2v) is 7.51. The highest BCUT2D eigenvalue weighted by molar-refractivity contribution is 7.99. The zero-order chi connectivity index (χ0) is 19.9. The van der Waals surface area contributed by atoms with Crippen molar-refractivity contribution in [3.63, 3.8) is 0 Å². The molecule has 0 fully saturated rings. The second-order valence-electron chi connectivity index (χ2n) is 5.71. The van der Waals surface area contributed by atoms with Crippen molar-refractivity contribution >= 4 is 46.6 Å². The quantitative estimate of drug-likeness (QED) is 0.464. The molecule has 0 spiro atoms. The standard InChI is InChI=1S/C19H17Cl2N3O3S/c1-2-9-26-16-8-7-14(21)10-15(16)22-17(25)11-28-19-24-23-18(27-19)12-3-5-13(20)6-4-12/h3-8,10H,2,9,11H2,1H3,(H,22,25). The molecule has 0 unspecified atom stereocenters. The van der Waals surface area contributed by atoms with Crippen LogP contribution in [0.5, 0.6) is 5.75 Å². The highest BCUT2D eigenvalue weighted by atomic mass is 35.5. The van der Waals surface area contributed by atoms with Gasteiger partial charge < -0.3 is 14.5 Å². The van der Waals surface area contributed by atoms with Gasteiger partial charge in [-0.25, -0.2) is 0 Å². The number of ether oxygens (including phenoxy) is 1. The molecule has 1 amide bonds. The lowest BCUT2D eigenvalue weighted by Crippen LogP contribution is -2.15. The first-order chi connectivity index (χ1) is 13.5. The van der Waals surface area contributed by atoms with Gasteiger partial charge in [-0.1, -0.05) is 41.9 Å². The molecule has 1 aromatic heterocycles. The van der Waals surface area contributed by atoms with E-state index in [-0.39, 0.29) is 11.7 Å². The summed E-state index contributed by atoms with van der Waals surface area (Å²) >= 11 is 13.0. The first-order valence-corrected chi connectivity index (χ1v) is 10.2. The Balaban J connectivity index is 1.59. The minimum Gasteiger partial charge on any atom is -0.491 e. The lowest BCUT2D eigenvalue weighted by atomic mass is 10.2. The highest BCUT2D eigenvalue weighted by Gasteiger charge is 2.13. The Morgan fingerprint density at radius 2 is 1.89 bits per heavy atom. The van der Waals surface area contributed by atoms with Crippen molar-refractivity contribution in [1.82, 2.24) is 10.2 Å². The third kappa shape index (κ3) is 5.64. The lowest BCUT2D eigenvalue weighted by Gasteiger charge is -2.12. The first kappa shape index (κ1) is 20.5. The number of halogens is 2. The van der Waals surface area contributed by atoms with Crippen LogP contribution in [0.15, 0.2) is 52.1 Å². The summed E-state index contributed by atoms with van der Waals surface area (Å²) in [5.41, 5.74) is 1.28. The summed E-state index contributed by atoms with van der Waals surface area (Å²) in [5.74, 6) is 0.805. The van der Waals surface area contributed by atoms with Gasteiger partial charge >= 0.3 is 0 Å². The number of rotatable bonds is 8. The van der Waals surface area contributed by atoms with Gasteiger partial charge in [-0.3, -0.25) is 4.79 Å². The summed E-state index contributed by atoms with van der Waals surface area (Å²) in [6, 6.07) is 12.2. The van der Waals surface area contributed by atoms with Crippen molar-refractivity contribution in [2.45, 2.75) is 18.6 Å². The normalized spacial score (nSPS) is 10.7. The average Bonchev–Trinajstić information content (AvgIpc) is 3.15. The van der Waals surface area contributed by atoms with E-state index in [9.17, 15) is 4.79 Å². The predicted octanol–water partition coefficient (Wildman–Crippen LogP) is 5.56. The lowest BCUT2D eigenvalue weighted by molar-refractivity contribution is -0.113. The molecule has 0 saturated heterocycles. The van der Waals surface area contributed by atoms with Crippen LogP contribution in [-0.4, -0.2) is 28.5 Å². The molecule has 6 nitrogen and oxygen atoms in total. The smallest absolute Gasteiger partial charge is 0.277 e. The monoisotopic (exact) mass is 437 g/mol. The molecule has 146 valence electrons. The van der Waals surface area contributed by atoms with Gasteiger partial charge in [0.1, 0.15) is 5.75 Å². The number of carbonyl (C=O) groups is 1. The molecule has 9 heteroatoms. The van der Waals surface area contributed by atoms with Crippen LogP contribution in [0.4, 0.5) is 5.69 Å². The molecule has 3 aromatic rings. The fraction of sp³-hybridized carbons (Fsp3) is 0.211. The molecule has 0 radical (unpaired) electrons. The Morgan fingerprint density at radius 1 is 1.14 bits per heavy atom. The molecular weight excluding hydrogens is 421 g/mol. The molecule has 0 aliphatic heterocycles. The van der Waals surface area contributed by atoms with E-state index in [1.54, 1.807) is 42.5 Å². The molecule has 0 aliphatic rings. The Kier molecular flexibility index (Phi) is 7.19.